The van der Waals surface area contributed by atoms with E-state index < -0.39 is 10.8 Å². The van der Waals surface area contributed by atoms with Gasteiger partial charge in [-0.1, -0.05) is 13.3 Å². The minimum absolute atomic E-state index is 0.0728. The third-order valence-corrected chi connectivity index (χ3v) is 7.91. The standard InChI is InChI=1S/C21H28O4/c1-13-14-5-6-18-20(2,19(23)24-3)8-4-9-21(18,12-22)16(14)11-17-15(13)7-10-25-17/h7,10,12-14,16,18H,4-6,8-9,11H2,1-3H3/t13-,14+,16+,18+,20-,21+/m1/s1. The Kier molecular flexibility index (Phi) is 3.86. The van der Waals surface area contributed by atoms with Crippen molar-refractivity contribution in [2.75, 3.05) is 7.11 Å². The lowest BCUT2D eigenvalue weighted by Crippen LogP contribution is -2.59. The predicted octanol–water partition coefficient (Wildman–Crippen LogP) is 4.13. The fourth-order valence-electron chi connectivity index (χ4n) is 6.69. The minimum Gasteiger partial charge on any atom is -0.469 e. The molecule has 0 amide bonds. The SMILES string of the molecule is COC(=O)[C@]1(C)CCC[C@@]2(C=O)[C@H]1CC[C@H]1[C@@H](C)c3ccoc3C[C@@H]12. The van der Waals surface area contributed by atoms with Gasteiger partial charge in [-0.15, -0.1) is 0 Å². The van der Waals surface area contributed by atoms with Crippen LogP contribution >= 0.6 is 0 Å². The van der Waals surface area contributed by atoms with Crippen molar-refractivity contribution in [2.24, 2.45) is 28.6 Å². The summed E-state index contributed by atoms with van der Waals surface area (Å²) in [5.41, 5.74) is 0.335. The van der Waals surface area contributed by atoms with E-state index in [1.807, 2.05) is 6.92 Å². The number of carbonyl (C=O) groups excluding carboxylic acids is 2. The second kappa shape index (κ2) is 5.72. The van der Waals surface area contributed by atoms with E-state index in [2.05, 4.69) is 13.0 Å². The van der Waals surface area contributed by atoms with E-state index in [1.165, 1.54) is 19.0 Å². The predicted molar refractivity (Wildman–Crippen MR) is 93.0 cm³/mol. The Morgan fingerprint density at radius 3 is 2.88 bits per heavy atom. The Morgan fingerprint density at radius 1 is 1.36 bits per heavy atom. The van der Waals surface area contributed by atoms with Crippen LogP contribution in [-0.4, -0.2) is 19.4 Å². The highest BCUT2D eigenvalue weighted by atomic mass is 16.5. The lowest BCUT2D eigenvalue weighted by atomic mass is 9.43. The van der Waals surface area contributed by atoms with Crippen LogP contribution < -0.4 is 0 Å². The van der Waals surface area contributed by atoms with Gasteiger partial charge in [-0.05, 0) is 67.9 Å². The van der Waals surface area contributed by atoms with E-state index in [4.69, 9.17) is 9.15 Å². The Labute approximate surface area is 149 Å². The van der Waals surface area contributed by atoms with Crippen molar-refractivity contribution in [3.05, 3.63) is 23.7 Å². The molecule has 0 saturated heterocycles. The third-order valence-electron chi connectivity index (χ3n) is 7.91. The van der Waals surface area contributed by atoms with Gasteiger partial charge in [0.1, 0.15) is 12.0 Å². The summed E-state index contributed by atoms with van der Waals surface area (Å²) in [4.78, 5) is 25.2. The number of aldehydes is 1. The molecular formula is C21H28O4. The van der Waals surface area contributed by atoms with Crippen LogP contribution in [0.1, 0.15) is 63.2 Å². The average Bonchev–Trinajstić information content (AvgIpc) is 3.10. The van der Waals surface area contributed by atoms with Crippen LogP contribution in [0.15, 0.2) is 16.7 Å². The maximum Gasteiger partial charge on any atom is 0.311 e. The zero-order valence-corrected chi connectivity index (χ0v) is 15.4. The van der Waals surface area contributed by atoms with Gasteiger partial charge in [0.2, 0.25) is 0 Å². The Bertz CT molecular complexity index is 692. The van der Waals surface area contributed by atoms with Gasteiger partial charge in [-0.2, -0.15) is 0 Å². The summed E-state index contributed by atoms with van der Waals surface area (Å²) in [7, 11) is 1.47. The number of esters is 1. The summed E-state index contributed by atoms with van der Waals surface area (Å²) < 4.78 is 10.9. The summed E-state index contributed by atoms with van der Waals surface area (Å²) in [6.07, 6.45) is 8.43. The summed E-state index contributed by atoms with van der Waals surface area (Å²) >= 11 is 0. The smallest absolute Gasteiger partial charge is 0.311 e. The van der Waals surface area contributed by atoms with E-state index >= 15 is 0 Å². The first-order valence-electron chi connectivity index (χ1n) is 9.59. The largest absolute Gasteiger partial charge is 0.469 e. The van der Waals surface area contributed by atoms with Gasteiger partial charge in [-0.25, -0.2) is 0 Å². The number of fused-ring (bicyclic) bond motifs is 4. The molecular weight excluding hydrogens is 316 g/mol. The summed E-state index contributed by atoms with van der Waals surface area (Å²) in [6.45, 7) is 4.29. The van der Waals surface area contributed by atoms with Crippen molar-refractivity contribution in [1.29, 1.82) is 0 Å². The number of methoxy groups -OCH3 is 1. The number of rotatable bonds is 2. The number of furan rings is 1. The van der Waals surface area contributed by atoms with E-state index in [9.17, 15) is 9.59 Å². The Balaban J connectivity index is 1.79. The first-order chi connectivity index (χ1) is 12.0. The molecule has 4 rings (SSSR count). The molecule has 0 bridgehead atoms. The molecule has 0 aromatic carbocycles. The fourth-order valence-corrected chi connectivity index (χ4v) is 6.69. The molecule has 4 nitrogen and oxygen atoms in total. The molecule has 2 fully saturated rings. The molecule has 0 N–H and O–H groups in total. The molecule has 1 aromatic rings. The maximum absolute atomic E-state index is 12.6. The molecule has 136 valence electrons. The molecule has 1 heterocycles. The molecule has 3 aliphatic carbocycles. The number of carbonyl (C=O) groups is 2. The number of hydrogen-bond donors (Lipinski definition) is 0. The van der Waals surface area contributed by atoms with E-state index in [0.717, 1.165) is 44.3 Å². The van der Waals surface area contributed by atoms with Gasteiger partial charge in [0.15, 0.2) is 0 Å². The first-order valence-corrected chi connectivity index (χ1v) is 9.59. The second-order valence-electron chi connectivity index (χ2n) is 8.69. The summed E-state index contributed by atoms with van der Waals surface area (Å²) in [5, 5.41) is 0. The average molecular weight is 344 g/mol. The van der Waals surface area contributed by atoms with Crippen LogP contribution in [0, 0.1) is 28.6 Å². The Morgan fingerprint density at radius 2 is 2.16 bits per heavy atom. The molecule has 0 radical (unpaired) electrons. The molecule has 25 heavy (non-hydrogen) atoms. The highest BCUT2D eigenvalue weighted by Gasteiger charge is 2.62. The molecule has 1 aromatic heterocycles. The molecule has 2 saturated carbocycles. The van der Waals surface area contributed by atoms with Gasteiger partial charge in [0.25, 0.3) is 0 Å². The van der Waals surface area contributed by atoms with Crippen LogP contribution in [0.4, 0.5) is 0 Å². The van der Waals surface area contributed by atoms with Crippen LogP contribution in [-0.2, 0) is 20.7 Å². The summed E-state index contributed by atoms with van der Waals surface area (Å²) in [5.74, 6) is 2.14. The van der Waals surface area contributed by atoms with Crippen LogP contribution in [0.25, 0.3) is 0 Å². The van der Waals surface area contributed by atoms with Gasteiger partial charge in [0.05, 0.1) is 18.8 Å². The van der Waals surface area contributed by atoms with Gasteiger partial charge < -0.3 is 13.9 Å². The normalized spacial score (nSPS) is 42.7. The van der Waals surface area contributed by atoms with E-state index in [0.29, 0.717) is 11.8 Å². The first kappa shape index (κ1) is 16.9. The van der Waals surface area contributed by atoms with E-state index in [-0.39, 0.29) is 17.8 Å². The lowest BCUT2D eigenvalue weighted by molar-refractivity contribution is -0.176. The van der Waals surface area contributed by atoms with Crippen molar-refractivity contribution in [2.45, 2.75) is 58.3 Å². The molecule has 6 atom stereocenters. The highest BCUT2D eigenvalue weighted by molar-refractivity contribution is 5.78. The maximum atomic E-state index is 12.6. The lowest BCUT2D eigenvalue weighted by Gasteiger charge is -2.59. The van der Waals surface area contributed by atoms with Gasteiger partial charge in [0, 0.05) is 11.8 Å². The molecule has 0 aliphatic heterocycles. The van der Waals surface area contributed by atoms with Gasteiger partial charge >= 0.3 is 5.97 Å². The Hall–Kier alpha value is -1.58. The van der Waals surface area contributed by atoms with E-state index in [1.54, 1.807) is 6.26 Å². The highest BCUT2D eigenvalue weighted by Crippen LogP contribution is 2.64. The molecule has 0 unspecified atom stereocenters. The van der Waals surface area contributed by atoms with Crippen molar-refractivity contribution >= 4 is 12.3 Å². The summed E-state index contributed by atoms with van der Waals surface area (Å²) in [6, 6.07) is 2.09. The third kappa shape index (κ3) is 2.12. The molecule has 3 aliphatic rings. The zero-order chi connectivity index (χ0) is 17.8. The van der Waals surface area contributed by atoms with Crippen molar-refractivity contribution in [3.63, 3.8) is 0 Å². The number of hydrogen-bond acceptors (Lipinski definition) is 4. The van der Waals surface area contributed by atoms with Crippen molar-refractivity contribution < 1.29 is 18.7 Å². The van der Waals surface area contributed by atoms with Crippen molar-refractivity contribution in [1.82, 2.24) is 0 Å². The van der Waals surface area contributed by atoms with Crippen LogP contribution in [0.2, 0.25) is 0 Å². The topological polar surface area (TPSA) is 56.5 Å². The van der Waals surface area contributed by atoms with Crippen LogP contribution in [0.3, 0.4) is 0 Å². The second-order valence-corrected chi connectivity index (χ2v) is 8.69. The quantitative estimate of drug-likeness (QED) is 0.598. The fraction of sp³-hybridized carbons (Fsp3) is 0.714. The molecule has 0 spiro atoms. The van der Waals surface area contributed by atoms with Crippen LogP contribution in [0.5, 0.6) is 0 Å². The zero-order valence-electron chi connectivity index (χ0n) is 15.4. The van der Waals surface area contributed by atoms with Gasteiger partial charge in [-0.3, -0.25) is 4.79 Å². The minimum atomic E-state index is -0.550. The molecule has 4 heteroatoms. The number of ether oxygens (including phenoxy) is 1. The monoisotopic (exact) mass is 344 g/mol. The van der Waals surface area contributed by atoms with Crippen molar-refractivity contribution in [3.8, 4) is 0 Å².